The highest BCUT2D eigenvalue weighted by atomic mass is 16.5. The quantitative estimate of drug-likeness (QED) is 0.830. The summed E-state index contributed by atoms with van der Waals surface area (Å²) >= 11 is 0. The van der Waals surface area contributed by atoms with Crippen molar-refractivity contribution >= 4 is 0 Å². The number of hydrogen-bond acceptors (Lipinski definition) is 4. The van der Waals surface area contributed by atoms with Crippen molar-refractivity contribution < 1.29 is 4.74 Å². The topological polar surface area (TPSA) is 61.9 Å². The normalized spacial score (nSPS) is 11.2. The molecule has 0 saturated carbocycles. The second-order valence-corrected chi connectivity index (χ2v) is 4.73. The molecular formula is C13H18N4O2. The zero-order valence-corrected chi connectivity index (χ0v) is 11.6. The van der Waals surface area contributed by atoms with Crippen LogP contribution < -0.4 is 5.69 Å². The number of aromatic nitrogens is 4. The third kappa shape index (κ3) is 2.73. The number of tetrazole rings is 1. The van der Waals surface area contributed by atoms with Gasteiger partial charge in [0, 0.05) is 12.6 Å². The van der Waals surface area contributed by atoms with Gasteiger partial charge in [-0.05, 0) is 42.8 Å². The molecular weight excluding hydrogens is 244 g/mol. The molecule has 6 nitrogen and oxygen atoms in total. The van der Waals surface area contributed by atoms with Crippen LogP contribution >= 0.6 is 0 Å². The van der Waals surface area contributed by atoms with Gasteiger partial charge in [-0.1, -0.05) is 12.1 Å². The minimum absolute atomic E-state index is 0.131. The van der Waals surface area contributed by atoms with Crippen LogP contribution in [-0.2, 0) is 18.4 Å². The van der Waals surface area contributed by atoms with Gasteiger partial charge in [0.25, 0.3) is 0 Å². The van der Waals surface area contributed by atoms with Crippen LogP contribution in [0.15, 0.2) is 23.0 Å². The third-order valence-corrected chi connectivity index (χ3v) is 2.90. The van der Waals surface area contributed by atoms with Crippen LogP contribution in [0.2, 0.25) is 0 Å². The lowest BCUT2D eigenvalue weighted by Gasteiger charge is -2.13. The van der Waals surface area contributed by atoms with Crippen LogP contribution in [0, 0.1) is 6.92 Å². The Morgan fingerprint density at radius 1 is 1.32 bits per heavy atom. The fraction of sp³-hybridized carbons (Fsp3) is 0.462. The summed E-state index contributed by atoms with van der Waals surface area (Å²) in [5.74, 6) is 0. The fourth-order valence-corrected chi connectivity index (χ4v) is 1.79. The molecule has 0 unspecified atom stereocenters. The number of ether oxygens (including phenoxy) is 1. The molecule has 102 valence electrons. The van der Waals surface area contributed by atoms with E-state index in [4.69, 9.17) is 4.74 Å². The highest BCUT2D eigenvalue weighted by Crippen LogP contribution is 2.18. The second kappa shape index (κ2) is 5.36. The standard InChI is InChI=1S/C13H18N4O2/c1-9(2)19-8-11-10(3)6-5-7-12(11)17-13(18)16(4)14-15-17/h5-7,9H,8H2,1-4H3. The molecule has 0 aliphatic heterocycles. The minimum atomic E-state index is -0.267. The summed E-state index contributed by atoms with van der Waals surface area (Å²) in [4.78, 5) is 11.9. The van der Waals surface area contributed by atoms with E-state index in [-0.39, 0.29) is 11.8 Å². The Morgan fingerprint density at radius 2 is 2.05 bits per heavy atom. The second-order valence-electron chi connectivity index (χ2n) is 4.73. The predicted octanol–water partition coefficient (Wildman–Crippen LogP) is 1.20. The first kappa shape index (κ1) is 13.5. The van der Waals surface area contributed by atoms with Crippen molar-refractivity contribution in [2.45, 2.75) is 33.5 Å². The molecule has 0 saturated heterocycles. The number of rotatable bonds is 4. The van der Waals surface area contributed by atoms with Crippen LogP contribution in [0.3, 0.4) is 0 Å². The monoisotopic (exact) mass is 262 g/mol. The summed E-state index contributed by atoms with van der Waals surface area (Å²) < 4.78 is 8.15. The highest BCUT2D eigenvalue weighted by Gasteiger charge is 2.13. The molecule has 6 heteroatoms. The first-order chi connectivity index (χ1) is 9.00. The van der Waals surface area contributed by atoms with Crippen molar-refractivity contribution in [1.82, 2.24) is 19.8 Å². The summed E-state index contributed by atoms with van der Waals surface area (Å²) in [6.07, 6.45) is 0.131. The minimum Gasteiger partial charge on any atom is -0.374 e. The van der Waals surface area contributed by atoms with Crippen molar-refractivity contribution in [3.63, 3.8) is 0 Å². The van der Waals surface area contributed by atoms with Crippen molar-refractivity contribution in [2.24, 2.45) is 7.05 Å². The summed E-state index contributed by atoms with van der Waals surface area (Å²) in [6, 6.07) is 5.73. The lowest BCUT2D eigenvalue weighted by atomic mass is 10.1. The summed E-state index contributed by atoms with van der Waals surface area (Å²) in [5, 5.41) is 7.61. The van der Waals surface area contributed by atoms with Gasteiger partial charge in [-0.2, -0.15) is 9.36 Å². The Bertz CT molecular complexity index is 628. The highest BCUT2D eigenvalue weighted by molar-refractivity contribution is 5.44. The average Bonchev–Trinajstić information content (AvgIpc) is 2.68. The van der Waals surface area contributed by atoms with Gasteiger partial charge in [0.2, 0.25) is 0 Å². The number of nitrogens with zero attached hydrogens (tertiary/aromatic N) is 4. The Morgan fingerprint density at radius 3 is 2.63 bits per heavy atom. The molecule has 0 atom stereocenters. The van der Waals surface area contributed by atoms with E-state index >= 15 is 0 Å². The molecule has 1 aromatic heterocycles. The van der Waals surface area contributed by atoms with Crippen LogP contribution in [0.5, 0.6) is 0 Å². The molecule has 19 heavy (non-hydrogen) atoms. The van der Waals surface area contributed by atoms with E-state index in [1.54, 1.807) is 7.05 Å². The molecule has 1 aromatic carbocycles. The number of hydrogen-bond donors (Lipinski definition) is 0. The van der Waals surface area contributed by atoms with Crippen molar-refractivity contribution in [2.75, 3.05) is 0 Å². The maximum absolute atomic E-state index is 11.9. The third-order valence-electron chi connectivity index (χ3n) is 2.90. The average molecular weight is 262 g/mol. The van der Waals surface area contributed by atoms with Crippen molar-refractivity contribution in [1.29, 1.82) is 0 Å². The van der Waals surface area contributed by atoms with Gasteiger partial charge in [-0.3, -0.25) is 0 Å². The largest absolute Gasteiger partial charge is 0.374 e. The van der Waals surface area contributed by atoms with Gasteiger partial charge in [-0.25, -0.2) is 4.79 Å². The van der Waals surface area contributed by atoms with Gasteiger partial charge in [0.15, 0.2) is 0 Å². The van der Waals surface area contributed by atoms with Crippen LogP contribution in [0.4, 0.5) is 0 Å². The lowest BCUT2D eigenvalue weighted by Crippen LogP contribution is -2.23. The van der Waals surface area contributed by atoms with Gasteiger partial charge in [-0.15, -0.1) is 0 Å². The van der Waals surface area contributed by atoms with E-state index in [1.807, 2.05) is 39.0 Å². The molecule has 2 rings (SSSR count). The molecule has 0 aliphatic rings. The van der Waals surface area contributed by atoms with E-state index in [2.05, 4.69) is 10.4 Å². The Kier molecular flexibility index (Phi) is 3.80. The molecule has 0 fully saturated rings. The zero-order chi connectivity index (χ0) is 14.0. The number of aryl methyl sites for hydroxylation is 2. The summed E-state index contributed by atoms with van der Waals surface area (Å²) in [5.41, 5.74) is 2.48. The van der Waals surface area contributed by atoms with E-state index in [9.17, 15) is 4.79 Å². The predicted molar refractivity (Wildman–Crippen MR) is 71.3 cm³/mol. The van der Waals surface area contributed by atoms with Gasteiger partial charge < -0.3 is 4.74 Å². The zero-order valence-electron chi connectivity index (χ0n) is 11.6. The molecule has 0 bridgehead atoms. The molecule has 0 amide bonds. The molecule has 1 heterocycles. The van der Waals surface area contributed by atoms with E-state index in [0.717, 1.165) is 16.8 Å². The van der Waals surface area contributed by atoms with E-state index in [0.29, 0.717) is 6.61 Å². The maximum atomic E-state index is 11.9. The van der Waals surface area contributed by atoms with Crippen molar-refractivity contribution in [3.8, 4) is 5.69 Å². The lowest BCUT2D eigenvalue weighted by molar-refractivity contribution is 0.0653. The molecule has 0 N–H and O–H groups in total. The molecule has 0 radical (unpaired) electrons. The van der Waals surface area contributed by atoms with Crippen molar-refractivity contribution in [3.05, 3.63) is 39.8 Å². The van der Waals surface area contributed by atoms with Crippen LogP contribution in [0.25, 0.3) is 5.69 Å². The number of benzene rings is 1. The Hall–Kier alpha value is -1.95. The molecule has 0 spiro atoms. The van der Waals surface area contributed by atoms with E-state index < -0.39 is 0 Å². The first-order valence-electron chi connectivity index (χ1n) is 6.20. The maximum Gasteiger partial charge on any atom is 0.368 e. The Balaban J connectivity index is 2.48. The smallest absolute Gasteiger partial charge is 0.368 e. The van der Waals surface area contributed by atoms with Gasteiger partial charge in [0.05, 0.1) is 18.4 Å². The first-order valence-corrected chi connectivity index (χ1v) is 6.20. The van der Waals surface area contributed by atoms with Gasteiger partial charge in [0.1, 0.15) is 0 Å². The van der Waals surface area contributed by atoms with E-state index in [1.165, 1.54) is 9.36 Å². The summed E-state index contributed by atoms with van der Waals surface area (Å²) in [6.45, 7) is 6.39. The molecule has 2 aromatic rings. The Labute approximate surface area is 111 Å². The SMILES string of the molecule is Cc1cccc(-n2nnn(C)c2=O)c1COC(C)C. The van der Waals surface area contributed by atoms with Crippen LogP contribution in [-0.4, -0.2) is 25.9 Å². The molecule has 0 aliphatic carbocycles. The fourth-order valence-electron chi connectivity index (χ4n) is 1.79. The van der Waals surface area contributed by atoms with Crippen LogP contribution in [0.1, 0.15) is 25.0 Å². The summed E-state index contributed by atoms with van der Waals surface area (Å²) in [7, 11) is 1.58. The van der Waals surface area contributed by atoms with Gasteiger partial charge >= 0.3 is 5.69 Å².